The third-order valence-corrected chi connectivity index (χ3v) is 4.99. The maximum atomic E-state index is 13.2. The fourth-order valence-corrected chi connectivity index (χ4v) is 3.66. The summed E-state index contributed by atoms with van der Waals surface area (Å²) in [4.78, 5) is 0.205. The first-order valence-corrected chi connectivity index (χ1v) is 8.20. The first-order valence-electron chi connectivity index (χ1n) is 6.71. The van der Waals surface area contributed by atoms with E-state index < -0.39 is 21.7 Å². The number of halogens is 2. The molecule has 1 aliphatic carbocycles. The lowest BCUT2D eigenvalue weighted by Crippen LogP contribution is -2.17. The summed E-state index contributed by atoms with van der Waals surface area (Å²) in [6.07, 6.45) is 2.56. The molecule has 1 N–H and O–H groups in total. The monoisotopic (exact) mass is 321 g/mol. The predicted molar refractivity (Wildman–Crippen MR) is 81.6 cm³/mol. The van der Waals surface area contributed by atoms with Gasteiger partial charge in [-0.15, -0.1) is 0 Å². The van der Waals surface area contributed by atoms with Crippen molar-refractivity contribution in [2.24, 2.45) is 0 Å². The van der Waals surface area contributed by atoms with Crippen molar-refractivity contribution in [3.05, 3.63) is 70.1 Å². The fourth-order valence-electron chi connectivity index (χ4n) is 2.45. The summed E-state index contributed by atoms with van der Waals surface area (Å²) in [6, 6.07) is 10.1. The fraction of sp³-hybridized carbons (Fsp3) is 0.125. The lowest BCUT2D eigenvalue weighted by atomic mass is 9.98. The number of benzene rings is 2. The zero-order valence-electron chi connectivity index (χ0n) is 11.5. The van der Waals surface area contributed by atoms with E-state index in [1.807, 2.05) is 24.3 Å². The number of hydrogen-bond donors (Lipinski definition) is 1. The SMILES string of the molecule is O=S(=O)(Nc1cc(F)cc(F)c1)C1=Cc2ccccc2CC1. The summed E-state index contributed by atoms with van der Waals surface area (Å²) >= 11 is 0. The molecule has 0 fully saturated rings. The molecule has 0 bridgehead atoms. The topological polar surface area (TPSA) is 46.2 Å². The van der Waals surface area contributed by atoms with Gasteiger partial charge in [-0.25, -0.2) is 17.2 Å². The van der Waals surface area contributed by atoms with Crippen molar-refractivity contribution >= 4 is 21.8 Å². The third kappa shape index (κ3) is 3.01. The van der Waals surface area contributed by atoms with Crippen LogP contribution in [0.1, 0.15) is 17.5 Å². The molecule has 0 radical (unpaired) electrons. The van der Waals surface area contributed by atoms with Gasteiger partial charge in [0.05, 0.1) is 10.6 Å². The number of sulfonamides is 1. The van der Waals surface area contributed by atoms with Crippen LogP contribution in [0, 0.1) is 11.6 Å². The van der Waals surface area contributed by atoms with Crippen molar-refractivity contribution in [3.63, 3.8) is 0 Å². The smallest absolute Gasteiger partial charge is 0.258 e. The molecule has 0 saturated carbocycles. The van der Waals surface area contributed by atoms with Crippen LogP contribution in [0.2, 0.25) is 0 Å². The van der Waals surface area contributed by atoms with Gasteiger partial charge >= 0.3 is 0 Å². The maximum absolute atomic E-state index is 13.2. The average molecular weight is 321 g/mol. The lowest BCUT2D eigenvalue weighted by Gasteiger charge is -2.17. The van der Waals surface area contributed by atoms with Crippen molar-refractivity contribution in [1.82, 2.24) is 0 Å². The van der Waals surface area contributed by atoms with E-state index in [0.717, 1.165) is 23.3 Å². The standard InChI is InChI=1S/C16H13F2NO2S/c17-13-8-14(18)10-15(9-13)19-22(20,21)16-6-5-11-3-1-2-4-12(11)7-16/h1-4,7-10,19H,5-6H2. The number of anilines is 1. The molecule has 0 amide bonds. The summed E-state index contributed by atoms with van der Waals surface area (Å²) in [6.45, 7) is 0. The quantitative estimate of drug-likeness (QED) is 0.937. The van der Waals surface area contributed by atoms with Crippen molar-refractivity contribution in [1.29, 1.82) is 0 Å². The molecule has 0 unspecified atom stereocenters. The number of rotatable bonds is 3. The summed E-state index contributed by atoms with van der Waals surface area (Å²) in [5, 5.41) is 0. The van der Waals surface area contributed by atoms with Crippen LogP contribution >= 0.6 is 0 Å². The Labute approximate surface area is 127 Å². The van der Waals surface area contributed by atoms with E-state index in [1.54, 1.807) is 6.08 Å². The van der Waals surface area contributed by atoms with Gasteiger partial charge < -0.3 is 0 Å². The van der Waals surface area contributed by atoms with Crippen LogP contribution in [-0.4, -0.2) is 8.42 Å². The predicted octanol–water partition coefficient (Wildman–Crippen LogP) is 3.69. The van der Waals surface area contributed by atoms with E-state index in [0.29, 0.717) is 18.9 Å². The molecular weight excluding hydrogens is 308 g/mol. The molecule has 0 spiro atoms. The molecule has 3 rings (SSSR count). The van der Waals surface area contributed by atoms with Crippen LogP contribution in [0.15, 0.2) is 47.4 Å². The number of aryl methyl sites for hydroxylation is 1. The molecular formula is C16H13F2NO2S. The minimum Gasteiger partial charge on any atom is -0.280 e. The second-order valence-corrected chi connectivity index (χ2v) is 6.81. The molecule has 2 aromatic rings. The molecule has 114 valence electrons. The second kappa shape index (κ2) is 5.53. The summed E-state index contributed by atoms with van der Waals surface area (Å²) in [5.74, 6) is -1.67. The van der Waals surface area contributed by atoms with Gasteiger partial charge in [-0.05, 0) is 42.2 Å². The molecule has 6 heteroatoms. The van der Waals surface area contributed by atoms with Gasteiger partial charge in [0.15, 0.2) is 0 Å². The first-order chi connectivity index (χ1) is 10.4. The highest BCUT2D eigenvalue weighted by Gasteiger charge is 2.22. The van der Waals surface area contributed by atoms with Crippen LogP contribution in [0.4, 0.5) is 14.5 Å². The Morgan fingerprint density at radius 3 is 2.36 bits per heavy atom. The largest absolute Gasteiger partial charge is 0.280 e. The van der Waals surface area contributed by atoms with Gasteiger partial charge in [0.25, 0.3) is 10.0 Å². The van der Waals surface area contributed by atoms with E-state index in [9.17, 15) is 17.2 Å². The molecule has 22 heavy (non-hydrogen) atoms. The molecule has 0 heterocycles. The van der Waals surface area contributed by atoms with E-state index in [2.05, 4.69) is 4.72 Å². The Morgan fingerprint density at radius 1 is 0.955 bits per heavy atom. The minimum absolute atomic E-state index is 0.128. The number of nitrogens with one attached hydrogen (secondary N) is 1. The Hall–Kier alpha value is -2.21. The Kier molecular flexibility index (Phi) is 3.70. The van der Waals surface area contributed by atoms with E-state index in [4.69, 9.17) is 0 Å². The Bertz CT molecular complexity index is 840. The highest BCUT2D eigenvalue weighted by molar-refractivity contribution is 7.96. The number of hydrogen-bond acceptors (Lipinski definition) is 2. The van der Waals surface area contributed by atoms with Crippen molar-refractivity contribution in [2.45, 2.75) is 12.8 Å². The van der Waals surface area contributed by atoms with Crippen molar-refractivity contribution < 1.29 is 17.2 Å². The van der Waals surface area contributed by atoms with E-state index in [-0.39, 0.29) is 10.6 Å². The Morgan fingerprint density at radius 2 is 1.64 bits per heavy atom. The highest BCUT2D eigenvalue weighted by atomic mass is 32.2. The molecule has 2 aromatic carbocycles. The minimum atomic E-state index is -3.83. The van der Waals surface area contributed by atoms with Gasteiger partial charge in [-0.3, -0.25) is 4.72 Å². The first kappa shape index (κ1) is 14.7. The van der Waals surface area contributed by atoms with Crippen LogP contribution in [0.5, 0.6) is 0 Å². The van der Waals surface area contributed by atoms with Crippen LogP contribution in [0.3, 0.4) is 0 Å². The summed E-state index contributed by atoms with van der Waals surface area (Å²) < 4.78 is 53.3. The third-order valence-electron chi connectivity index (χ3n) is 3.47. The second-order valence-electron chi connectivity index (χ2n) is 5.07. The van der Waals surface area contributed by atoms with Gasteiger partial charge in [-0.2, -0.15) is 0 Å². The van der Waals surface area contributed by atoms with Gasteiger partial charge in [0.2, 0.25) is 0 Å². The van der Waals surface area contributed by atoms with Crippen molar-refractivity contribution in [3.8, 4) is 0 Å². The number of allylic oxidation sites excluding steroid dienone is 1. The molecule has 3 nitrogen and oxygen atoms in total. The van der Waals surface area contributed by atoms with Crippen LogP contribution in [0.25, 0.3) is 6.08 Å². The Balaban J connectivity index is 1.92. The molecule has 0 aromatic heterocycles. The molecule has 0 atom stereocenters. The van der Waals surface area contributed by atoms with Crippen LogP contribution < -0.4 is 4.72 Å². The zero-order valence-corrected chi connectivity index (χ0v) is 12.3. The van der Waals surface area contributed by atoms with Gasteiger partial charge in [-0.1, -0.05) is 24.3 Å². The van der Waals surface area contributed by atoms with Crippen LogP contribution in [-0.2, 0) is 16.4 Å². The molecule has 1 aliphatic rings. The number of fused-ring (bicyclic) bond motifs is 1. The summed E-state index contributed by atoms with van der Waals surface area (Å²) in [5.41, 5.74) is 1.80. The van der Waals surface area contributed by atoms with E-state index >= 15 is 0 Å². The van der Waals surface area contributed by atoms with Gasteiger partial charge in [0.1, 0.15) is 11.6 Å². The van der Waals surface area contributed by atoms with Crippen molar-refractivity contribution in [2.75, 3.05) is 4.72 Å². The van der Waals surface area contributed by atoms with Gasteiger partial charge in [0, 0.05) is 6.07 Å². The molecule has 0 saturated heterocycles. The lowest BCUT2D eigenvalue weighted by molar-refractivity contribution is 0.584. The van der Waals surface area contributed by atoms with E-state index in [1.165, 1.54) is 0 Å². The normalized spacial score (nSPS) is 14.2. The summed E-state index contributed by atoms with van der Waals surface area (Å²) in [7, 11) is -3.83. The average Bonchev–Trinajstić information content (AvgIpc) is 2.45. The zero-order chi connectivity index (χ0) is 15.7. The maximum Gasteiger partial charge on any atom is 0.258 e. The molecule has 0 aliphatic heterocycles. The highest BCUT2D eigenvalue weighted by Crippen LogP contribution is 2.28.